The fraction of sp³-hybridized carbons (Fsp3) is 0.400. The van der Waals surface area contributed by atoms with Crippen molar-refractivity contribution in [2.45, 2.75) is 40.0 Å². The van der Waals surface area contributed by atoms with E-state index >= 15 is 0 Å². The minimum absolute atomic E-state index is 0.0604. The van der Waals surface area contributed by atoms with Crippen molar-refractivity contribution in [3.05, 3.63) is 46.0 Å². The van der Waals surface area contributed by atoms with E-state index in [-0.39, 0.29) is 5.41 Å². The average Bonchev–Trinajstić information content (AvgIpc) is 2.60. The lowest BCUT2D eigenvalue weighted by Crippen LogP contribution is -2.17. The first-order valence-corrected chi connectivity index (χ1v) is 6.60. The molecule has 0 aliphatic rings. The molecular formula is C15H20N2S. The Balaban J connectivity index is 2.71. The van der Waals surface area contributed by atoms with Gasteiger partial charge in [-0.05, 0) is 37.7 Å². The van der Waals surface area contributed by atoms with E-state index in [0.717, 1.165) is 10.5 Å². The Kier molecular flexibility index (Phi) is 3.20. The third-order valence-electron chi connectivity index (χ3n) is 3.14. The van der Waals surface area contributed by atoms with Gasteiger partial charge in [0.1, 0.15) is 0 Å². The second-order valence-electron chi connectivity index (χ2n) is 5.85. The highest BCUT2D eigenvalue weighted by molar-refractivity contribution is 7.71. The molecule has 1 heterocycles. The van der Waals surface area contributed by atoms with E-state index < -0.39 is 0 Å². The van der Waals surface area contributed by atoms with Gasteiger partial charge in [0.15, 0.2) is 4.77 Å². The maximum Gasteiger partial charge on any atom is 0.182 e. The highest BCUT2D eigenvalue weighted by Crippen LogP contribution is 2.27. The van der Waals surface area contributed by atoms with Gasteiger partial charge in [-0.1, -0.05) is 38.5 Å². The van der Waals surface area contributed by atoms with Gasteiger partial charge in [-0.15, -0.1) is 0 Å². The number of nitrogens with zero attached hydrogens (tertiary/aromatic N) is 1. The highest BCUT2D eigenvalue weighted by atomic mass is 32.1. The van der Waals surface area contributed by atoms with Gasteiger partial charge in [-0.3, -0.25) is 4.57 Å². The zero-order valence-corrected chi connectivity index (χ0v) is 12.5. The lowest BCUT2D eigenvalue weighted by Gasteiger charge is -2.21. The summed E-state index contributed by atoms with van der Waals surface area (Å²) in [6, 6.07) is 6.46. The van der Waals surface area contributed by atoms with Crippen LogP contribution in [-0.4, -0.2) is 9.55 Å². The molecule has 96 valence electrons. The third kappa shape index (κ3) is 2.27. The zero-order valence-electron chi connectivity index (χ0n) is 11.7. The van der Waals surface area contributed by atoms with Crippen LogP contribution in [0.3, 0.4) is 0 Å². The Hall–Kier alpha value is -1.35. The van der Waals surface area contributed by atoms with Crippen LogP contribution in [0.1, 0.15) is 37.6 Å². The second-order valence-corrected chi connectivity index (χ2v) is 6.24. The number of benzene rings is 1. The molecule has 0 saturated carbocycles. The van der Waals surface area contributed by atoms with Crippen LogP contribution in [0.2, 0.25) is 0 Å². The number of hydrogen-bond acceptors (Lipinski definition) is 1. The number of nitrogens with one attached hydrogen (secondary N) is 1. The molecule has 18 heavy (non-hydrogen) atoms. The van der Waals surface area contributed by atoms with Gasteiger partial charge < -0.3 is 4.98 Å². The van der Waals surface area contributed by atoms with Gasteiger partial charge >= 0.3 is 0 Å². The number of aromatic amines is 1. The molecule has 1 aromatic heterocycles. The van der Waals surface area contributed by atoms with Crippen molar-refractivity contribution < 1.29 is 0 Å². The summed E-state index contributed by atoms with van der Waals surface area (Å²) in [5.74, 6) is 0. The van der Waals surface area contributed by atoms with E-state index in [9.17, 15) is 0 Å². The zero-order chi connectivity index (χ0) is 13.5. The van der Waals surface area contributed by atoms with Crippen molar-refractivity contribution in [1.29, 1.82) is 0 Å². The smallest absolute Gasteiger partial charge is 0.182 e. The molecule has 0 aliphatic heterocycles. The lowest BCUT2D eigenvalue weighted by molar-refractivity contribution is 0.555. The normalized spacial score (nSPS) is 11.8. The fourth-order valence-electron chi connectivity index (χ4n) is 2.22. The summed E-state index contributed by atoms with van der Waals surface area (Å²) in [6.45, 7) is 10.8. The molecule has 2 aromatic rings. The maximum absolute atomic E-state index is 5.42. The number of imidazole rings is 1. The van der Waals surface area contributed by atoms with Gasteiger partial charge in [-0.25, -0.2) is 0 Å². The molecule has 0 bridgehead atoms. The third-order valence-corrected chi connectivity index (χ3v) is 3.44. The van der Waals surface area contributed by atoms with Gasteiger partial charge in [0.2, 0.25) is 0 Å². The summed E-state index contributed by atoms with van der Waals surface area (Å²) in [5, 5.41) is 0. The van der Waals surface area contributed by atoms with E-state index in [4.69, 9.17) is 12.2 Å². The largest absolute Gasteiger partial charge is 0.337 e. The predicted octanol–water partition coefficient (Wildman–Crippen LogP) is 4.45. The van der Waals surface area contributed by atoms with E-state index in [0.29, 0.717) is 0 Å². The summed E-state index contributed by atoms with van der Waals surface area (Å²) in [6.07, 6.45) is 2.02. The van der Waals surface area contributed by atoms with Crippen molar-refractivity contribution in [3.8, 4) is 5.69 Å². The maximum atomic E-state index is 5.42. The highest BCUT2D eigenvalue weighted by Gasteiger charge is 2.20. The van der Waals surface area contributed by atoms with Crippen LogP contribution in [0.15, 0.2) is 24.4 Å². The molecule has 0 radical (unpaired) electrons. The van der Waals surface area contributed by atoms with E-state index in [1.165, 1.54) is 16.8 Å². The molecule has 0 fully saturated rings. The molecular weight excluding hydrogens is 240 g/mol. The molecule has 0 amide bonds. The first-order chi connectivity index (χ1) is 8.30. The SMILES string of the molecule is Cc1ccc(-n2c(C(C)(C)C)c[nH]c2=S)c(C)c1. The van der Waals surface area contributed by atoms with Crippen LogP contribution in [0.25, 0.3) is 5.69 Å². The van der Waals surface area contributed by atoms with E-state index in [1.54, 1.807) is 0 Å². The molecule has 0 unspecified atom stereocenters. The summed E-state index contributed by atoms with van der Waals surface area (Å²) in [7, 11) is 0. The molecule has 0 spiro atoms. The summed E-state index contributed by atoms with van der Waals surface area (Å²) in [4.78, 5) is 3.16. The number of rotatable bonds is 1. The summed E-state index contributed by atoms with van der Waals surface area (Å²) in [5.41, 5.74) is 4.95. The molecule has 1 N–H and O–H groups in total. The Morgan fingerprint density at radius 3 is 2.39 bits per heavy atom. The molecule has 3 heteroatoms. The van der Waals surface area contributed by atoms with Gasteiger partial charge in [0.05, 0.1) is 5.69 Å². The van der Waals surface area contributed by atoms with Crippen molar-refractivity contribution in [2.75, 3.05) is 0 Å². The van der Waals surface area contributed by atoms with Gasteiger partial charge in [0, 0.05) is 17.3 Å². The van der Waals surface area contributed by atoms with Crippen LogP contribution in [0.5, 0.6) is 0 Å². The van der Waals surface area contributed by atoms with E-state index in [2.05, 4.69) is 62.4 Å². The minimum Gasteiger partial charge on any atom is -0.337 e. The van der Waals surface area contributed by atoms with Crippen LogP contribution in [0.4, 0.5) is 0 Å². The van der Waals surface area contributed by atoms with Gasteiger partial charge in [-0.2, -0.15) is 0 Å². The van der Waals surface area contributed by atoms with Crippen LogP contribution in [0, 0.1) is 18.6 Å². The number of hydrogen-bond donors (Lipinski definition) is 1. The van der Waals surface area contributed by atoms with Crippen LogP contribution < -0.4 is 0 Å². The molecule has 0 atom stereocenters. The molecule has 2 nitrogen and oxygen atoms in total. The number of H-pyrrole nitrogens is 1. The number of aromatic nitrogens is 2. The van der Waals surface area contributed by atoms with Crippen molar-refractivity contribution in [1.82, 2.24) is 9.55 Å². The standard InChI is InChI=1S/C15H20N2S/c1-10-6-7-12(11(2)8-10)17-13(15(3,4)5)9-16-14(17)18/h6-9H,1-5H3,(H,16,18). The Labute approximate surface area is 114 Å². The summed E-state index contributed by atoms with van der Waals surface area (Å²) < 4.78 is 2.90. The Morgan fingerprint density at radius 1 is 1.17 bits per heavy atom. The monoisotopic (exact) mass is 260 g/mol. The minimum atomic E-state index is 0.0604. The summed E-state index contributed by atoms with van der Waals surface area (Å²) >= 11 is 5.42. The second kappa shape index (κ2) is 4.39. The quantitative estimate of drug-likeness (QED) is 0.751. The van der Waals surface area contributed by atoms with Crippen molar-refractivity contribution >= 4 is 12.2 Å². The average molecular weight is 260 g/mol. The van der Waals surface area contributed by atoms with Gasteiger partial charge in [0.25, 0.3) is 0 Å². The molecule has 2 rings (SSSR count). The first kappa shape index (κ1) is 13.1. The van der Waals surface area contributed by atoms with Crippen LogP contribution in [-0.2, 0) is 5.41 Å². The topological polar surface area (TPSA) is 20.7 Å². The fourth-order valence-corrected chi connectivity index (χ4v) is 2.47. The predicted molar refractivity (Wildman–Crippen MR) is 79.1 cm³/mol. The van der Waals surface area contributed by atoms with E-state index in [1.807, 2.05) is 6.20 Å². The first-order valence-electron chi connectivity index (χ1n) is 6.19. The molecule has 0 aliphatic carbocycles. The number of aryl methyl sites for hydroxylation is 2. The van der Waals surface area contributed by atoms with Crippen molar-refractivity contribution in [2.24, 2.45) is 0 Å². The van der Waals surface area contributed by atoms with Crippen molar-refractivity contribution in [3.63, 3.8) is 0 Å². The molecule has 1 aromatic carbocycles. The Morgan fingerprint density at radius 2 is 1.83 bits per heavy atom. The molecule has 0 saturated heterocycles. The van der Waals surface area contributed by atoms with Crippen LogP contribution >= 0.6 is 12.2 Å². The Bertz CT molecular complexity index is 627. The lowest BCUT2D eigenvalue weighted by atomic mass is 9.92.